The summed E-state index contributed by atoms with van der Waals surface area (Å²) in [7, 11) is 1.22. The molecule has 2 aromatic rings. The number of amides is 1. The Kier molecular flexibility index (Phi) is 6.04. The number of hydroxylamine groups is 1. The maximum atomic E-state index is 11.7. The fourth-order valence-electron chi connectivity index (χ4n) is 2.59. The number of anilines is 1. The number of aryl methyl sites for hydroxylation is 2. The zero-order valence-electron chi connectivity index (χ0n) is 15.4. The molecule has 1 amide bonds. The number of nitrogens with zero attached hydrogens (tertiary/aromatic N) is 1. The molecular weight excluding hydrogens is 318 g/mol. The maximum absolute atomic E-state index is 11.7. The Hall–Kier alpha value is -2.53. The summed E-state index contributed by atoms with van der Waals surface area (Å²) >= 11 is 0. The molecule has 0 saturated carbocycles. The molecule has 134 valence electrons. The number of carbonyl (C=O) groups is 1. The molecule has 5 nitrogen and oxygen atoms in total. The van der Waals surface area contributed by atoms with Crippen molar-refractivity contribution in [1.82, 2.24) is 0 Å². The second kappa shape index (κ2) is 8.03. The highest BCUT2D eigenvalue weighted by Gasteiger charge is 2.18. The highest BCUT2D eigenvalue weighted by atomic mass is 16.6. The summed E-state index contributed by atoms with van der Waals surface area (Å²) in [4.78, 5) is 11.7. The highest BCUT2D eigenvalue weighted by Crippen LogP contribution is 2.27. The van der Waals surface area contributed by atoms with Gasteiger partial charge in [-0.05, 0) is 49.1 Å². The third kappa shape index (κ3) is 4.51. The number of benzene rings is 2. The lowest BCUT2D eigenvalue weighted by atomic mass is 10.00. The zero-order chi connectivity index (χ0) is 18.6. The smallest absolute Gasteiger partial charge is 0.438 e. The molecule has 0 saturated heterocycles. The molecule has 5 heteroatoms. The number of hydrogen-bond donors (Lipinski definition) is 1. The number of hydrogen-bond acceptors (Lipinski definition) is 4. The van der Waals surface area contributed by atoms with E-state index in [0.717, 1.165) is 16.9 Å². The van der Waals surface area contributed by atoms with Gasteiger partial charge in [-0.1, -0.05) is 37.6 Å². The monoisotopic (exact) mass is 343 g/mol. The zero-order valence-corrected chi connectivity index (χ0v) is 15.4. The second-order valence-electron chi connectivity index (χ2n) is 6.38. The van der Waals surface area contributed by atoms with Crippen molar-refractivity contribution in [2.75, 3.05) is 12.2 Å². The van der Waals surface area contributed by atoms with E-state index in [9.17, 15) is 10.0 Å². The summed E-state index contributed by atoms with van der Waals surface area (Å²) in [6, 6.07) is 11.5. The molecule has 0 unspecified atom stereocenters. The van der Waals surface area contributed by atoms with Crippen LogP contribution >= 0.6 is 0 Å². The van der Waals surface area contributed by atoms with Gasteiger partial charge in [0.05, 0.1) is 12.8 Å². The van der Waals surface area contributed by atoms with Gasteiger partial charge in [-0.2, -0.15) is 5.06 Å². The van der Waals surface area contributed by atoms with Gasteiger partial charge in [-0.3, -0.25) is 5.21 Å². The molecule has 0 bridgehead atoms. The molecule has 2 aromatic carbocycles. The molecule has 25 heavy (non-hydrogen) atoms. The van der Waals surface area contributed by atoms with Crippen LogP contribution in [0, 0.1) is 13.8 Å². The van der Waals surface area contributed by atoms with Gasteiger partial charge in [0.15, 0.2) is 0 Å². The molecule has 0 aromatic heterocycles. The summed E-state index contributed by atoms with van der Waals surface area (Å²) in [5, 5.41) is 10.6. The van der Waals surface area contributed by atoms with Crippen LogP contribution in [0.1, 0.15) is 42.0 Å². The SMILES string of the molecule is COC(=O)N(O)c1ccc(C(C)C)cc1COc1ccc(C)cc1C. The molecular formula is C20H25NO4. The summed E-state index contributed by atoms with van der Waals surface area (Å²) in [6.07, 6.45) is -0.843. The van der Waals surface area contributed by atoms with E-state index in [0.29, 0.717) is 22.2 Å². The van der Waals surface area contributed by atoms with Crippen LogP contribution in [0.5, 0.6) is 5.75 Å². The molecule has 0 fully saturated rings. The van der Waals surface area contributed by atoms with Gasteiger partial charge in [0.2, 0.25) is 0 Å². The number of carbonyl (C=O) groups excluding carboxylic acids is 1. The quantitative estimate of drug-likeness (QED) is 0.615. The maximum Gasteiger partial charge on any atom is 0.438 e. The average Bonchev–Trinajstić information content (AvgIpc) is 2.59. The second-order valence-corrected chi connectivity index (χ2v) is 6.38. The lowest BCUT2D eigenvalue weighted by molar-refractivity contribution is 0.140. The molecule has 0 aliphatic heterocycles. The predicted molar refractivity (Wildman–Crippen MR) is 97.4 cm³/mol. The average molecular weight is 343 g/mol. The van der Waals surface area contributed by atoms with Crippen LogP contribution in [-0.2, 0) is 11.3 Å². The van der Waals surface area contributed by atoms with Crippen LogP contribution in [0.4, 0.5) is 10.5 Å². The molecule has 1 N–H and O–H groups in total. The first-order valence-electron chi connectivity index (χ1n) is 8.23. The van der Waals surface area contributed by atoms with Gasteiger partial charge in [0.1, 0.15) is 12.4 Å². The van der Waals surface area contributed by atoms with Crippen molar-refractivity contribution >= 4 is 11.8 Å². The summed E-state index contributed by atoms with van der Waals surface area (Å²) in [5.41, 5.74) is 4.36. The Labute approximate surface area is 148 Å². The van der Waals surface area contributed by atoms with E-state index in [4.69, 9.17) is 4.74 Å². The molecule has 0 spiro atoms. The normalized spacial score (nSPS) is 10.7. The Morgan fingerprint density at radius 3 is 2.48 bits per heavy atom. The van der Waals surface area contributed by atoms with E-state index in [1.165, 1.54) is 12.7 Å². The van der Waals surface area contributed by atoms with E-state index in [-0.39, 0.29) is 6.61 Å². The van der Waals surface area contributed by atoms with Crippen LogP contribution in [0.25, 0.3) is 0 Å². The van der Waals surface area contributed by atoms with Crippen LogP contribution in [0.3, 0.4) is 0 Å². The predicted octanol–water partition coefficient (Wildman–Crippen LogP) is 4.97. The van der Waals surface area contributed by atoms with E-state index in [2.05, 4.69) is 18.6 Å². The van der Waals surface area contributed by atoms with E-state index >= 15 is 0 Å². The summed E-state index contributed by atoms with van der Waals surface area (Å²) < 4.78 is 10.5. The van der Waals surface area contributed by atoms with Crippen LogP contribution in [-0.4, -0.2) is 18.4 Å². The lowest BCUT2D eigenvalue weighted by Crippen LogP contribution is -2.28. The third-order valence-electron chi connectivity index (χ3n) is 4.06. The van der Waals surface area contributed by atoms with Gasteiger partial charge < -0.3 is 9.47 Å². The van der Waals surface area contributed by atoms with Gasteiger partial charge in [0.25, 0.3) is 0 Å². The fourth-order valence-corrected chi connectivity index (χ4v) is 2.59. The van der Waals surface area contributed by atoms with Crippen molar-refractivity contribution in [2.24, 2.45) is 0 Å². The number of rotatable bonds is 5. The lowest BCUT2D eigenvalue weighted by Gasteiger charge is -2.20. The van der Waals surface area contributed by atoms with E-state index in [1.807, 2.05) is 44.2 Å². The number of ether oxygens (including phenoxy) is 2. The van der Waals surface area contributed by atoms with Crippen molar-refractivity contribution in [3.63, 3.8) is 0 Å². The largest absolute Gasteiger partial charge is 0.489 e. The van der Waals surface area contributed by atoms with E-state index in [1.54, 1.807) is 6.07 Å². The minimum atomic E-state index is -0.843. The van der Waals surface area contributed by atoms with Crippen molar-refractivity contribution in [3.8, 4) is 5.75 Å². The first-order chi connectivity index (χ1) is 11.8. The topological polar surface area (TPSA) is 59.0 Å². The molecule has 0 aliphatic rings. The molecule has 0 radical (unpaired) electrons. The Bertz CT molecular complexity index is 755. The highest BCUT2D eigenvalue weighted by molar-refractivity contribution is 5.85. The van der Waals surface area contributed by atoms with Gasteiger partial charge >= 0.3 is 6.09 Å². The van der Waals surface area contributed by atoms with Crippen molar-refractivity contribution < 1.29 is 19.5 Å². The van der Waals surface area contributed by atoms with Gasteiger partial charge in [-0.25, -0.2) is 4.79 Å². The minimum Gasteiger partial charge on any atom is -0.489 e. The van der Waals surface area contributed by atoms with Gasteiger partial charge in [-0.15, -0.1) is 0 Å². The van der Waals surface area contributed by atoms with Crippen molar-refractivity contribution in [3.05, 3.63) is 58.7 Å². The molecule has 0 atom stereocenters. The first-order valence-corrected chi connectivity index (χ1v) is 8.23. The fraction of sp³-hybridized carbons (Fsp3) is 0.350. The van der Waals surface area contributed by atoms with Gasteiger partial charge in [0, 0.05) is 5.56 Å². The summed E-state index contributed by atoms with van der Waals surface area (Å²) in [5.74, 6) is 1.09. The Morgan fingerprint density at radius 1 is 1.16 bits per heavy atom. The van der Waals surface area contributed by atoms with Crippen LogP contribution in [0.15, 0.2) is 36.4 Å². The van der Waals surface area contributed by atoms with Crippen molar-refractivity contribution in [2.45, 2.75) is 40.2 Å². The molecule has 0 heterocycles. The van der Waals surface area contributed by atoms with E-state index < -0.39 is 6.09 Å². The Balaban J connectivity index is 2.32. The molecule has 0 aliphatic carbocycles. The minimum absolute atomic E-state index is 0.230. The molecule has 2 rings (SSSR count). The van der Waals surface area contributed by atoms with Crippen LogP contribution < -0.4 is 9.80 Å². The number of methoxy groups -OCH3 is 1. The summed E-state index contributed by atoms with van der Waals surface area (Å²) in [6.45, 7) is 8.41. The Morgan fingerprint density at radius 2 is 1.88 bits per heavy atom. The van der Waals surface area contributed by atoms with Crippen molar-refractivity contribution in [1.29, 1.82) is 0 Å². The third-order valence-corrected chi connectivity index (χ3v) is 4.06. The standard InChI is InChI=1S/C20H25NO4/c1-13(2)16-7-8-18(21(23)20(22)24-5)17(11-16)12-25-19-9-6-14(3)10-15(19)4/h6-11,13,23H,12H2,1-5H3. The first kappa shape index (κ1) is 18.8. The van der Waals surface area contributed by atoms with Crippen LogP contribution in [0.2, 0.25) is 0 Å².